The summed E-state index contributed by atoms with van der Waals surface area (Å²) < 4.78 is 5.23. The second kappa shape index (κ2) is 5.22. The van der Waals surface area contributed by atoms with Crippen LogP contribution in [0.1, 0.15) is 12.8 Å². The van der Waals surface area contributed by atoms with Crippen LogP contribution in [0.5, 0.6) is 0 Å². The van der Waals surface area contributed by atoms with Crippen LogP contribution in [-0.2, 0) is 4.74 Å². The van der Waals surface area contributed by atoms with Crippen molar-refractivity contribution < 1.29 is 9.84 Å². The molecule has 0 amide bonds. The molecule has 1 aromatic carbocycles. The van der Waals surface area contributed by atoms with Gasteiger partial charge in [-0.15, -0.1) is 0 Å². The van der Waals surface area contributed by atoms with E-state index in [0.29, 0.717) is 49.5 Å². The number of nitrogens with zero attached hydrogens (tertiary/aromatic N) is 1. The fourth-order valence-electron chi connectivity index (χ4n) is 2.35. The van der Waals surface area contributed by atoms with Gasteiger partial charge in [-0.1, -0.05) is 12.1 Å². The van der Waals surface area contributed by atoms with E-state index in [1.165, 1.54) is 0 Å². The number of H-pyrrole nitrogens is 1. The first-order chi connectivity index (χ1) is 9.66. The molecule has 2 aromatic rings. The van der Waals surface area contributed by atoms with E-state index in [1.807, 2.05) is 6.07 Å². The Balaban J connectivity index is 1.79. The summed E-state index contributed by atoms with van der Waals surface area (Å²) in [6, 6.07) is 7.16. The van der Waals surface area contributed by atoms with Gasteiger partial charge in [-0.05, 0) is 12.1 Å². The molecule has 0 bridgehead atoms. The molecule has 0 unspecified atom stereocenters. The topological polar surface area (TPSA) is 87.2 Å². The lowest BCUT2D eigenvalue weighted by Gasteiger charge is -2.32. The van der Waals surface area contributed by atoms with Crippen molar-refractivity contribution in [3.63, 3.8) is 0 Å². The molecule has 6 nitrogen and oxygen atoms in total. The van der Waals surface area contributed by atoms with Crippen molar-refractivity contribution >= 4 is 16.9 Å². The van der Waals surface area contributed by atoms with E-state index >= 15 is 0 Å². The Morgan fingerprint density at radius 3 is 2.90 bits per heavy atom. The van der Waals surface area contributed by atoms with Gasteiger partial charge in [0.05, 0.1) is 16.5 Å². The number of para-hydroxylation sites is 1. The lowest BCUT2D eigenvalue weighted by atomic mass is 9.94. The maximum Gasteiger partial charge on any atom is 0.260 e. The van der Waals surface area contributed by atoms with Gasteiger partial charge in [0.2, 0.25) is 5.95 Å². The summed E-state index contributed by atoms with van der Waals surface area (Å²) in [5.74, 6) is 0.383. The summed E-state index contributed by atoms with van der Waals surface area (Å²) in [5.41, 5.74) is -0.350. The van der Waals surface area contributed by atoms with Gasteiger partial charge in [-0.2, -0.15) is 0 Å². The Bertz CT molecular complexity index is 662. The standard InChI is InChI=1S/C14H17N3O3/c18-12-10-3-1-2-4-11(10)16-13(17-12)15-9-14(19)5-7-20-8-6-14/h1-4,19H,5-9H2,(H2,15,16,17,18). The highest BCUT2D eigenvalue weighted by Gasteiger charge is 2.29. The molecule has 0 atom stereocenters. The van der Waals surface area contributed by atoms with E-state index in [-0.39, 0.29) is 5.56 Å². The van der Waals surface area contributed by atoms with Crippen LogP contribution in [0.25, 0.3) is 10.9 Å². The SMILES string of the molecule is O=c1[nH]c(NCC2(O)CCOCC2)nc2ccccc12. The lowest BCUT2D eigenvalue weighted by Crippen LogP contribution is -2.42. The molecule has 0 radical (unpaired) electrons. The van der Waals surface area contributed by atoms with Gasteiger partial charge in [0.1, 0.15) is 0 Å². The van der Waals surface area contributed by atoms with Crippen LogP contribution < -0.4 is 10.9 Å². The third-order valence-corrected chi connectivity index (χ3v) is 3.62. The number of anilines is 1. The van der Waals surface area contributed by atoms with Crippen LogP contribution in [-0.4, -0.2) is 40.4 Å². The quantitative estimate of drug-likeness (QED) is 0.774. The van der Waals surface area contributed by atoms with E-state index in [2.05, 4.69) is 15.3 Å². The number of aromatic amines is 1. The fraction of sp³-hybridized carbons (Fsp3) is 0.429. The maximum absolute atomic E-state index is 11.9. The van der Waals surface area contributed by atoms with Gasteiger partial charge in [0.25, 0.3) is 5.56 Å². The average Bonchev–Trinajstić information content (AvgIpc) is 2.46. The van der Waals surface area contributed by atoms with Crippen molar-refractivity contribution in [3.05, 3.63) is 34.6 Å². The van der Waals surface area contributed by atoms with Gasteiger partial charge in [0, 0.05) is 32.6 Å². The molecular weight excluding hydrogens is 258 g/mol. The molecule has 1 aromatic heterocycles. The summed E-state index contributed by atoms with van der Waals surface area (Å²) in [7, 11) is 0. The number of benzene rings is 1. The highest BCUT2D eigenvalue weighted by Crippen LogP contribution is 2.20. The highest BCUT2D eigenvalue weighted by molar-refractivity contribution is 5.78. The lowest BCUT2D eigenvalue weighted by molar-refractivity contribution is -0.0544. The van der Waals surface area contributed by atoms with E-state index in [0.717, 1.165) is 0 Å². The fourth-order valence-corrected chi connectivity index (χ4v) is 2.35. The number of aromatic nitrogens is 2. The minimum absolute atomic E-state index is 0.183. The van der Waals surface area contributed by atoms with Gasteiger partial charge in [-0.25, -0.2) is 4.98 Å². The van der Waals surface area contributed by atoms with Crippen molar-refractivity contribution in [3.8, 4) is 0 Å². The van der Waals surface area contributed by atoms with Crippen molar-refractivity contribution in [2.24, 2.45) is 0 Å². The molecule has 1 aliphatic rings. The predicted molar refractivity (Wildman–Crippen MR) is 75.9 cm³/mol. The number of ether oxygens (including phenoxy) is 1. The molecule has 1 aliphatic heterocycles. The Labute approximate surface area is 115 Å². The Kier molecular flexibility index (Phi) is 3.42. The molecule has 3 rings (SSSR count). The van der Waals surface area contributed by atoms with Gasteiger partial charge in [-0.3, -0.25) is 9.78 Å². The van der Waals surface area contributed by atoms with E-state index in [1.54, 1.807) is 18.2 Å². The summed E-state index contributed by atoms with van der Waals surface area (Å²) >= 11 is 0. The highest BCUT2D eigenvalue weighted by atomic mass is 16.5. The molecule has 0 spiro atoms. The van der Waals surface area contributed by atoms with Crippen LogP contribution >= 0.6 is 0 Å². The molecule has 106 valence electrons. The Morgan fingerprint density at radius 2 is 2.10 bits per heavy atom. The summed E-state index contributed by atoms with van der Waals surface area (Å²) in [6.45, 7) is 1.46. The zero-order valence-electron chi connectivity index (χ0n) is 11.1. The van der Waals surface area contributed by atoms with Gasteiger partial charge < -0.3 is 15.2 Å². The van der Waals surface area contributed by atoms with Crippen molar-refractivity contribution in [1.82, 2.24) is 9.97 Å². The molecular formula is C14H17N3O3. The normalized spacial score (nSPS) is 18.1. The number of aliphatic hydroxyl groups is 1. The van der Waals surface area contributed by atoms with Crippen molar-refractivity contribution in [2.45, 2.75) is 18.4 Å². The number of rotatable bonds is 3. The minimum atomic E-state index is -0.803. The number of hydrogen-bond donors (Lipinski definition) is 3. The first-order valence-corrected chi connectivity index (χ1v) is 6.69. The number of nitrogens with one attached hydrogen (secondary N) is 2. The van der Waals surface area contributed by atoms with Crippen molar-refractivity contribution in [2.75, 3.05) is 25.1 Å². The monoisotopic (exact) mass is 275 g/mol. The minimum Gasteiger partial charge on any atom is -0.388 e. The van der Waals surface area contributed by atoms with Crippen LogP contribution in [0.2, 0.25) is 0 Å². The summed E-state index contributed by atoms with van der Waals surface area (Å²) in [5, 5.41) is 13.9. The Hall–Kier alpha value is -1.92. The summed E-state index contributed by atoms with van der Waals surface area (Å²) in [4.78, 5) is 18.9. The first-order valence-electron chi connectivity index (χ1n) is 6.69. The van der Waals surface area contributed by atoms with Crippen LogP contribution in [0.4, 0.5) is 5.95 Å². The maximum atomic E-state index is 11.9. The van der Waals surface area contributed by atoms with Crippen LogP contribution in [0.3, 0.4) is 0 Å². The molecule has 1 saturated heterocycles. The molecule has 2 heterocycles. The molecule has 20 heavy (non-hydrogen) atoms. The van der Waals surface area contributed by atoms with E-state index in [4.69, 9.17) is 4.74 Å². The largest absolute Gasteiger partial charge is 0.388 e. The van der Waals surface area contributed by atoms with Gasteiger partial charge >= 0.3 is 0 Å². The summed E-state index contributed by atoms with van der Waals surface area (Å²) in [6.07, 6.45) is 1.16. The first kappa shape index (κ1) is 13.1. The molecule has 6 heteroatoms. The Morgan fingerprint density at radius 1 is 1.35 bits per heavy atom. The number of fused-ring (bicyclic) bond motifs is 1. The smallest absolute Gasteiger partial charge is 0.260 e. The van der Waals surface area contributed by atoms with Gasteiger partial charge in [0.15, 0.2) is 0 Å². The third-order valence-electron chi connectivity index (χ3n) is 3.62. The zero-order chi connectivity index (χ0) is 14.0. The second-order valence-corrected chi connectivity index (χ2v) is 5.12. The second-order valence-electron chi connectivity index (χ2n) is 5.12. The van der Waals surface area contributed by atoms with Crippen LogP contribution in [0.15, 0.2) is 29.1 Å². The molecule has 0 aliphatic carbocycles. The predicted octanol–water partition coefficient (Wildman–Crippen LogP) is 0.876. The molecule has 0 saturated carbocycles. The van der Waals surface area contributed by atoms with E-state index < -0.39 is 5.60 Å². The average molecular weight is 275 g/mol. The molecule has 3 N–H and O–H groups in total. The third kappa shape index (κ3) is 2.66. The van der Waals surface area contributed by atoms with Crippen molar-refractivity contribution in [1.29, 1.82) is 0 Å². The van der Waals surface area contributed by atoms with E-state index in [9.17, 15) is 9.90 Å². The van der Waals surface area contributed by atoms with Crippen LogP contribution in [0, 0.1) is 0 Å². The molecule has 1 fully saturated rings. The zero-order valence-corrected chi connectivity index (χ0v) is 11.1. The number of hydrogen-bond acceptors (Lipinski definition) is 5.